The Labute approximate surface area is 657 Å². The number of aromatic hydroxyl groups is 4. The first-order valence-corrected chi connectivity index (χ1v) is 39.5. The van der Waals surface area contributed by atoms with Crippen molar-refractivity contribution < 1.29 is 29.9 Å². The minimum absolute atomic E-state index is 0.211. The second-order valence-corrected chi connectivity index (χ2v) is 36.9. The Kier molecular flexibility index (Phi) is 25.0. The molecule has 1 aliphatic carbocycles. The second-order valence-electron chi connectivity index (χ2n) is 36.9. The Morgan fingerprint density at radius 2 is 0.518 bits per heavy atom. The van der Waals surface area contributed by atoms with Crippen LogP contribution >= 0.6 is 0 Å². The number of phenols is 4. The van der Waals surface area contributed by atoms with Crippen LogP contribution in [0, 0.1) is 0 Å². The van der Waals surface area contributed by atoms with Gasteiger partial charge in [-0.05, 0) is 145 Å². The third-order valence-electron chi connectivity index (χ3n) is 21.4. The zero-order valence-electron chi connectivity index (χ0n) is 68.9. The second kappa shape index (κ2) is 33.9. The van der Waals surface area contributed by atoms with Gasteiger partial charge < -0.3 is 29.9 Å². The van der Waals surface area contributed by atoms with E-state index in [0.717, 1.165) is 89.0 Å². The van der Waals surface area contributed by atoms with Crippen LogP contribution < -0.4 is 9.47 Å². The molecule has 8 bridgehead atoms. The van der Waals surface area contributed by atoms with Gasteiger partial charge in [-0.2, -0.15) is 0 Å². The molecule has 1 aliphatic rings. The molecule has 0 heterocycles. The molecule has 0 saturated carbocycles. The Hall–Kier alpha value is -9.74. The third-order valence-corrected chi connectivity index (χ3v) is 21.4. The van der Waals surface area contributed by atoms with Crippen LogP contribution in [-0.2, 0) is 97.4 Å². The molecule has 10 aromatic rings. The molecule has 110 heavy (non-hydrogen) atoms. The van der Waals surface area contributed by atoms with Gasteiger partial charge in [-0.25, -0.2) is 0 Å². The normalized spacial score (nSPS) is 13.3. The Morgan fingerprint density at radius 1 is 0.291 bits per heavy atom. The van der Waals surface area contributed by atoms with Crippen LogP contribution in [0.15, 0.2) is 204 Å². The minimum Gasteiger partial charge on any atom is -0.507 e. The fraction of sp³-hybridized carbons (Fsp3) is 0.380. The van der Waals surface area contributed by atoms with Crippen LogP contribution in [0.2, 0.25) is 0 Å². The predicted octanol–water partition coefficient (Wildman–Crippen LogP) is 22.4. The number of phenolic OH excluding ortho intramolecular Hbond substituents is 4. The lowest BCUT2D eigenvalue weighted by Crippen LogP contribution is -2.23. The van der Waals surface area contributed by atoms with Crippen LogP contribution in [-0.4, -0.2) is 69.0 Å². The van der Waals surface area contributed by atoms with Crippen molar-refractivity contribution in [2.75, 3.05) is 26.3 Å². The van der Waals surface area contributed by atoms with Crippen LogP contribution in [0.5, 0.6) is 34.5 Å². The van der Waals surface area contributed by atoms with Crippen LogP contribution in [0.1, 0.15) is 247 Å². The molecule has 0 amide bonds. The van der Waals surface area contributed by atoms with E-state index in [1.54, 1.807) is 12.4 Å². The smallest absolute Gasteiger partial charge is 0.128 e. The number of benzene rings is 10. The summed E-state index contributed by atoms with van der Waals surface area (Å²) in [6, 6.07) is 68.2. The third kappa shape index (κ3) is 21.0. The van der Waals surface area contributed by atoms with Gasteiger partial charge in [-0.1, -0.05) is 307 Å². The van der Waals surface area contributed by atoms with Crippen molar-refractivity contribution in [2.45, 2.75) is 222 Å². The molecule has 576 valence electrons. The fourth-order valence-electron chi connectivity index (χ4n) is 14.7. The van der Waals surface area contributed by atoms with Crippen molar-refractivity contribution in [1.82, 2.24) is 9.80 Å². The van der Waals surface area contributed by atoms with Crippen molar-refractivity contribution >= 4 is 12.4 Å². The number of rotatable bonds is 22. The summed E-state index contributed by atoms with van der Waals surface area (Å²) in [6.45, 7) is 44.9. The molecule has 0 atom stereocenters. The van der Waals surface area contributed by atoms with Crippen molar-refractivity contribution in [1.29, 1.82) is 0 Å². The van der Waals surface area contributed by atoms with Crippen molar-refractivity contribution in [3.63, 3.8) is 0 Å². The quantitative estimate of drug-likeness (QED) is 0.0390. The Balaban J connectivity index is 0.960. The molecular formula is C100H120N4O6. The van der Waals surface area contributed by atoms with E-state index in [4.69, 9.17) is 19.5 Å². The van der Waals surface area contributed by atoms with Gasteiger partial charge in [0.1, 0.15) is 47.7 Å². The minimum atomic E-state index is -0.300. The number of ether oxygens (including phenoxy) is 2. The SMILES string of the molecule is CC(C)(C)c1cc(C=NCCOc2c3cc(C(C)(C)C)cc2Cc2cc(C(C)(C)C)cc(c2O)Cc2cc(C(C)(C)C)cc(c2OCCN=Cc2cc(C(C)(C)C)cc(CN(Cc4ccccc4)Cc4ccccc4)c2O)Cc2cc(C(C)(C)C)cc(c2O)C3)c(O)c(CN(Cc2ccccc2)Cc2ccccc2)c1. The lowest BCUT2D eigenvalue weighted by molar-refractivity contribution is 0.244. The summed E-state index contributed by atoms with van der Waals surface area (Å²) in [6.07, 6.45) is 5.00. The average molecular weight is 1470 g/mol. The number of hydrogen-bond acceptors (Lipinski definition) is 10. The lowest BCUT2D eigenvalue weighted by Gasteiger charge is -2.28. The highest BCUT2D eigenvalue weighted by atomic mass is 16.5. The lowest BCUT2D eigenvalue weighted by atomic mass is 9.79. The highest BCUT2D eigenvalue weighted by Gasteiger charge is 2.31. The van der Waals surface area contributed by atoms with Crippen LogP contribution in [0.3, 0.4) is 0 Å². The largest absolute Gasteiger partial charge is 0.507 e. The highest BCUT2D eigenvalue weighted by molar-refractivity contribution is 5.85. The number of nitrogens with zero attached hydrogens (tertiary/aromatic N) is 4. The van der Waals surface area contributed by atoms with E-state index in [0.29, 0.717) is 87.6 Å². The summed E-state index contributed by atoms with van der Waals surface area (Å²) in [5, 5.41) is 51.0. The van der Waals surface area contributed by atoms with E-state index in [2.05, 4.69) is 304 Å². The topological polar surface area (TPSA) is 131 Å². The molecule has 0 spiro atoms. The van der Waals surface area contributed by atoms with Crippen molar-refractivity contribution in [2.24, 2.45) is 9.98 Å². The zero-order chi connectivity index (χ0) is 79.1. The predicted molar refractivity (Wildman–Crippen MR) is 456 cm³/mol. The molecule has 0 aromatic heterocycles. The Morgan fingerprint density at radius 3 is 0.755 bits per heavy atom. The van der Waals surface area contributed by atoms with Crippen LogP contribution in [0.4, 0.5) is 0 Å². The molecule has 10 nitrogen and oxygen atoms in total. The summed E-state index contributed by atoms with van der Waals surface area (Å²) >= 11 is 0. The number of aliphatic imine (C=N–C) groups is 2. The Bertz CT molecular complexity index is 4390. The first-order valence-electron chi connectivity index (χ1n) is 39.5. The molecule has 10 heteroatoms. The highest BCUT2D eigenvalue weighted by Crippen LogP contribution is 2.45. The first kappa shape index (κ1) is 81.3. The molecule has 0 fully saturated rings. The summed E-state index contributed by atoms with van der Waals surface area (Å²) in [4.78, 5) is 14.8. The zero-order valence-corrected chi connectivity index (χ0v) is 68.9. The van der Waals surface area contributed by atoms with Crippen molar-refractivity contribution in [3.05, 3.63) is 317 Å². The van der Waals surface area contributed by atoms with Gasteiger partial charge in [0.2, 0.25) is 0 Å². The molecule has 10 aromatic carbocycles. The van der Waals surface area contributed by atoms with Gasteiger partial charge in [-0.15, -0.1) is 0 Å². The van der Waals surface area contributed by atoms with Gasteiger partial charge >= 0.3 is 0 Å². The number of fused-ring (bicyclic) bond motifs is 8. The van der Waals surface area contributed by atoms with Crippen molar-refractivity contribution in [3.8, 4) is 34.5 Å². The average Bonchev–Trinajstić information content (AvgIpc) is 0.758. The maximum atomic E-state index is 13.2. The van der Waals surface area contributed by atoms with E-state index < -0.39 is 0 Å². The van der Waals surface area contributed by atoms with E-state index >= 15 is 0 Å². The van der Waals surface area contributed by atoms with Crippen LogP contribution in [0.25, 0.3) is 0 Å². The monoisotopic (exact) mass is 1470 g/mol. The maximum absolute atomic E-state index is 13.2. The summed E-state index contributed by atoms with van der Waals surface area (Å²) in [7, 11) is 0. The van der Waals surface area contributed by atoms with Gasteiger partial charge in [-0.3, -0.25) is 19.8 Å². The molecule has 11 rings (SSSR count). The molecule has 0 radical (unpaired) electrons. The molecule has 4 N–H and O–H groups in total. The van der Waals surface area contributed by atoms with E-state index in [1.807, 2.05) is 24.3 Å². The van der Waals surface area contributed by atoms with Gasteiger partial charge in [0, 0.05) is 99.6 Å². The van der Waals surface area contributed by atoms with Gasteiger partial charge in [0.25, 0.3) is 0 Å². The summed E-state index contributed by atoms with van der Waals surface area (Å²) in [5.41, 5.74) is 19.6. The fourth-order valence-corrected chi connectivity index (χ4v) is 14.7. The standard InChI is InChI=1S/C100H120N4O6/c1-95(2,3)83-47-71-43-75-51-85(97(7,8)9)53-77(93(75)109-41-39-101-59-79-55-87(99(13,14)15)57-81(91(79)107)65-103(61-67-31-23-19-24-32-67)62-68-33-25-20-26-34-68)45-73-49-84(96(4,5)6)50-74(90(73)106)46-78-54-86(98(10,11)12)52-76(44-72(48-83)89(71)105)94(78)110-42-40-102-60-80-56-88(100(16,17)18)58-82(92(80)108)66-104(63-69-35-27-21-28-36-69)64-70-37-29-22-30-38-70/h19-38,47-60,105-108H,39-46,61-66H2,1-18H3. The molecule has 0 unspecified atom stereocenters. The number of hydrogen-bond donors (Lipinski definition) is 4. The molecular weight excluding hydrogens is 1350 g/mol. The molecule has 0 saturated heterocycles. The molecule has 0 aliphatic heterocycles. The van der Waals surface area contributed by atoms with Gasteiger partial charge in [0.15, 0.2) is 0 Å². The van der Waals surface area contributed by atoms with Gasteiger partial charge in [0.05, 0.1) is 13.1 Å². The first-order chi connectivity index (χ1) is 51.9. The van der Waals surface area contributed by atoms with E-state index in [-0.39, 0.29) is 81.8 Å². The van der Waals surface area contributed by atoms with E-state index in [1.165, 1.54) is 22.3 Å². The summed E-state index contributed by atoms with van der Waals surface area (Å²) < 4.78 is 14.4. The van der Waals surface area contributed by atoms with E-state index in [9.17, 15) is 20.4 Å². The summed E-state index contributed by atoms with van der Waals surface area (Å²) in [5.74, 6) is 2.26. The maximum Gasteiger partial charge on any atom is 0.128 e.